The van der Waals surface area contributed by atoms with E-state index in [1.165, 1.54) is 7.11 Å². The first-order chi connectivity index (χ1) is 10.4. The van der Waals surface area contributed by atoms with E-state index >= 15 is 0 Å². The number of nitrogens with zero attached hydrogens (tertiary/aromatic N) is 1. The predicted octanol–water partition coefficient (Wildman–Crippen LogP) is 1.70. The van der Waals surface area contributed by atoms with E-state index in [9.17, 15) is 13.2 Å². The maximum atomic E-state index is 12.1. The van der Waals surface area contributed by atoms with E-state index in [1.807, 2.05) is 4.72 Å². The van der Waals surface area contributed by atoms with E-state index in [1.54, 1.807) is 24.3 Å². The van der Waals surface area contributed by atoms with Gasteiger partial charge in [0.25, 0.3) is 5.91 Å². The zero-order chi connectivity index (χ0) is 16.2. The van der Waals surface area contributed by atoms with Gasteiger partial charge in [0.05, 0.1) is 17.4 Å². The summed E-state index contributed by atoms with van der Waals surface area (Å²) in [7, 11) is -2.45. The number of rotatable bonds is 6. The van der Waals surface area contributed by atoms with Crippen molar-refractivity contribution in [2.45, 2.75) is 0 Å². The molecule has 1 N–H and O–H groups in total. The Balaban J connectivity index is 2.26. The molecule has 2 aromatic rings. The van der Waals surface area contributed by atoms with Crippen molar-refractivity contribution in [3.05, 3.63) is 41.4 Å². The molecular formula is C13H13ClN2O5S. The minimum absolute atomic E-state index is 0.0290. The van der Waals surface area contributed by atoms with Gasteiger partial charge in [-0.15, -0.1) is 0 Å². The van der Waals surface area contributed by atoms with Crippen LogP contribution in [0.25, 0.3) is 11.3 Å². The molecule has 7 nitrogen and oxygen atoms in total. The van der Waals surface area contributed by atoms with Gasteiger partial charge in [0.1, 0.15) is 0 Å². The van der Waals surface area contributed by atoms with Gasteiger partial charge in [0, 0.05) is 12.7 Å². The summed E-state index contributed by atoms with van der Waals surface area (Å²) in [6.45, 7) is -0.0290. The predicted molar refractivity (Wildman–Crippen MR) is 80.1 cm³/mol. The quantitative estimate of drug-likeness (QED) is 0.856. The lowest BCUT2D eigenvalue weighted by atomic mass is 10.1. The molecule has 0 radical (unpaired) electrons. The van der Waals surface area contributed by atoms with Gasteiger partial charge in [0.15, 0.2) is 17.8 Å². The first-order valence-electron chi connectivity index (χ1n) is 6.17. The largest absolute Gasteiger partial charge is 0.443 e. The molecule has 0 bridgehead atoms. The molecule has 0 fully saturated rings. The Morgan fingerprint density at radius 2 is 2.14 bits per heavy atom. The number of aromatic nitrogens is 1. The fourth-order valence-corrected chi connectivity index (χ4v) is 2.77. The smallest absolute Gasteiger partial charge is 0.287 e. The van der Waals surface area contributed by atoms with Crippen molar-refractivity contribution >= 4 is 27.5 Å². The van der Waals surface area contributed by atoms with E-state index in [2.05, 4.69) is 9.72 Å². The van der Waals surface area contributed by atoms with E-state index in [0.717, 1.165) is 6.39 Å². The number of halogens is 1. The second kappa shape index (κ2) is 6.91. The van der Waals surface area contributed by atoms with Gasteiger partial charge >= 0.3 is 0 Å². The maximum absolute atomic E-state index is 12.1. The third-order valence-electron chi connectivity index (χ3n) is 2.71. The number of sulfonamides is 1. The van der Waals surface area contributed by atoms with E-state index in [0.29, 0.717) is 10.6 Å². The van der Waals surface area contributed by atoms with Crippen molar-refractivity contribution in [2.75, 3.05) is 19.5 Å². The second-order valence-corrected chi connectivity index (χ2v) is 6.50. The van der Waals surface area contributed by atoms with Gasteiger partial charge in [-0.25, -0.2) is 18.1 Å². The van der Waals surface area contributed by atoms with E-state index in [4.69, 9.17) is 16.0 Å². The molecule has 0 spiro atoms. The van der Waals surface area contributed by atoms with Crippen LogP contribution in [-0.2, 0) is 14.8 Å². The van der Waals surface area contributed by atoms with Gasteiger partial charge < -0.3 is 9.15 Å². The topological polar surface area (TPSA) is 98.5 Å². The zero-order valence-corrected chi connectivity index (χ0v) is 13.1. The van der Waals surface area contributed by atoms with Crippen molar-refractivity contribution in [1.29, 1.82) is 0 Å². The van der Waals surface area contributed by atoms with E-state index < -0.39 is 15.9 Å². The Morgan fingerprint density at radius 1 is 1.41 bits per heavy atom. The average molecular weight is 345 g/mol. The standard InChI is InChI=1S/C13H13ClN2O5S/c1-20-6-7-22(18,19)16-13(17)11-12(21-8-15-11)9-4-2-3-5-10(9)14/h2-5,8H,6-7H2,1H3,(H,16,17). The maximum Gasteiger partial charge on any atom is 0.287 e. The van der Waals surface area contributed by atoms with Gasteiger partial charge in [-0.2, -0.15) is 0 Å². The van der Waals surface area contributed by atoms with Crippen LogP contribution in [0.3, 0.4) is 0 Å². The van der Waals surface area contributed by atoms with Crippen molar-refractivity contribution in [2.24, 2.45) is 0 Å². The summed E-state index contributed by atoms with van der Waals surface area (Å²) in [5.74, 6) is -1.13. The summed E-state index contributed by atoms with van der Waals surface area (Å²) in [5.41, 5.74) is 0.287. The molecule has 0 aliphatic carbocycles. The SMILES string of the molecule is COCCS(=O)(=O)NC(=O)c1ncoc1-c1ccccc1Cl. The number of carbonyl (C=O) groups excluding carboxylic acids is 1. The number of methoxy groups -OCH3 is 1. The minimum Gasteiger partial charge on any atom is -0.443 e. The van der Waals surface area contributed by atoms with Crippen LogP contribution in [0.4, 0.5) is 0 Å². The molecule has 0 aliphatic rings. The lowest BCUT2D eigenvalue weighted by Gasteiger charge is -2.06. The Labute approximate surface area is 132 Å². The summed E-state index contributed by atoms with van der Waals surface area (Å²) in [6.07, 6.45) is 1.05. The molecule has 0 saturated carbocycles. The number of amides is 1. The first kappa shape index (κ1) is 16.5. The highest BCUT2D eigenvalue weighted by Gasteiger charge is 2.23. The van der Waals surface area contributed by atoms with Gasteiger partial charge in [-0.1, -0.05) is 23.7 Å². The molecule has 9 heteroatoms. The number of benzene rings is 1. The summed E-state index contributed by atoms with van der Waals surface area (Å²) < 4.78 is 35.2. The van der Waals surface area contributed by atoms with Gasteiger partial charge in [-0.3, -0.25) is 4.79 Å². The number of hydrogen-bond donors (Lipinski definition) is 1. The van der Waals surface area contributed by atoms with Crippen LogP contribution in [0.5, 0.6) is 0 Å². The number of nitrogens with one attached hydrogen (secondary N) is 1. The Kier molecular flexibility index (Phi) is 5.17. The molecule has 1 aromatic heterocycles. The monoisotopic (exact) mass is 344 g/mol. The van der Waals surface area contributed by atoms with Crippen LogP contribution < -0.4 is 4.72 Å². The van der Waals surface area contributed by atoms with Crippen LogP contribution in [-0.4, -0.2) is 38.8 Å². The molecule has 0 aliphatic heterocycles. The summed E-state index contributed by atoms with van der Waals surface area (Å²) in [5, 5.41) is 0.357. The Morgan fingerprint density at radius 3 is 2.82 bits per heavy atom. The summed E-state index contributed by atoms with van der Waals surface area (Å²) in [6, 6.07) is 6.69. The Bertz CT molecular complexity index is 772. The fourth-order valence-electron chi connectivity index (χ4n) is 1.68. The summed E-state index contributed by atoms with van der Waals surface area (Å²) >= 11 is 6.04. The van der Waals surface area contributed by atoms with E-state index in [-0.39, 0.29) is 23.8 Å². The second-order valence-electron chi connectivity index (χ2n) is 4.25. The third kappa shape index (κ3) is 3.85. The van der Waals surface area contributed by atoms with Crippen LogP contribution in [0, 0.1) is 0 Å². The van der Waals surface area contributed by atoms with Crippen molar-refractivity contribution in [3.8, 4) is 11.3 Å². The van der Waals surface area contributed by atoms with Crippen molar-refractivity contribution in [3.63, 3.8) is 0 Å². The molecule has 0 unspecified atom stereocenters. The molecule has 1 amide bonds. The molecule has 1 heterocycles. The van der Waals surface area contributed by atoms with Gasteiger partial charge in [-0.05, 0) is 12.1 Å². The first-order valence-corrected chi connectivity index (χ1v) is 8.20. The molecule has 118 valence electrons. The van der Waals surface area contributed by atoms with Crippen molar-refractivity contribution in [1.82, 2.24) is 9.71 Å². The van der Waals surface area contributed by atoms with Crippen LogP contribution in [0.15, 0.2) is 35.1 Å². The highest BCUT2D eigenvalue weighted by molar-refractivity contribution is 7.90. The highest BCUT2D eigenvalue weighted by atomic mass is 35.5. The lowest BCUT2D eigenvalue weighted by Crippen LogP contribution is -2.34. The zero-order valence-electron chi connectivity index (χ0n) is 11.6. The lowest BCUT2D eigenvalue weighted by molar-refractivity contribution is 0.0977. The molecule has 0 atom stereocenters. The molecule has 0 saturated heterocycles. The number of oxazole rings is 1. The molecule has 22 heavy (non-hydrogen) atoms. The highest BCUT2D eigenvalue weighted by Crippen LogP contribution is 2.29. The van der Waals surface area contributed by atoms with Crippen LogP contribution in [0.2, 0.25) is 5.02 Å². The Hall–Kier alpha value is -1.90. The van der Waals surface area contributed by atoms with Crippen LogP contribution in [0.1, 0.15) is 10.5 Å². The fraction of sp³-hybridized carbons (Fsp3) is 0.231. The average Bonchev–Trinajstić information content (AvgIpc) is 2.94. The number of hydrogen-bond acceptors (Lipinski definition) is 6. The number of ether oxygens (including phenoxy) is 1. The van der Waals surface area contributed by atoms with Crippen molar-refractivity contribution < 1.29 is 22.4 Å². The molecular weight excluding hydrogens is 332 g/mol. The molecule has 2 rings (SSSR count). The van der Waals surface area contributed by atoms with Crippen LogP contribution >= 0.6 is 11.6 Å². The van der Waals surface area contributed by atoms with Gasteiger partial charge in [0.2, 0.25) is 10.0 Å². The normalized spacial score (nSPS) is 11.4. The third-order valence-corrected chi connectivity index (χ3v) is 4.24. The number of carbonyl (C=O) groups is 1. The minimum atomic E-state index is -3.82. The molecule has 1 aromatic carbocycles. The summed E-state index contributed by atoms with van der Waals surface area (Å²) in [4.78, 5) is 15.9.